The van der Waals surface area contributed by atoms with Gasteiger partial charge in [0.2, 0.25) is 11.8 Å². The summed E-state index contributed by atoms with van der Waals surface area (Å²) in [6.45, 7) is 11.3. The molecular formula is C22H33N3O3. The molecule has 0 unspecified atom stereocenters. The largest absolute Gasteiger partial charge is 0.375 e. The van der Waals surface area contributed by atoms with Crippen molar-refractivity contribution in [2.45, 2.75) is 40.7 Å². The van der Waals surface area contributed by atoms with Gasteiger partial charge in [-0.05, 0) is 26.2 Å². The van der Waals surface area contributed by atoms with E-state index in [0.717, 1.165) is 42.2 Å². The number of nitrogens with zero attached hydrogens (tertiary/aromatic N) is 3. The fourth-order valence-electron chi connectivity index (χ4n) is 3.14. The average Bonchev–Trinajstić information content (AvgIpc) is 3.10. The van der Waals surface area contributed by atoms with Crippen LogP contribution in [0.4, 0.5) is 5.88 Å². The summed E-state index contributed by atoms with van der Waals surface area (Å²) in [6, 6.07) is 9.98. The molecule has 0 spiro atoms. The number of carbonyl (C=O) groups excluding carboxylic acids is 1. The molecule has 6 heteroatoms. The smallest absolute Gasteiger partial charge is 0.248 e. The van der Waals surface area contributed by atoms with E-state index in [1.807, 2.05) is 35.2 Å². The lowest BCUT2D eigenvalue weighted by Crippen LogP contribution is -2.35. The highest BCUT2D eigenvalue weighted by Crippen LogP contribution is 2.32. The molecule has 0 bridgehead atoms. The molecule has 2 aromatic rings. The minimum atomic E-state index is -0.0196. The summed E-state index contributed by atoms with van der Waals surface area (Å²) in [5.41, 5.74) is 2.73. The maximum Gasteiger partial charge on any atom is 0.248 e. The predicted octanol–water partition coefficient (Wildman–Crippen LogP) is 4.21. The molecule has 1 amide bonds. The monoisotopic (exact) mass is 387 g/mol. The number of methoxy groups -OCH3 is 1. The van der Waals surface area contributed by atoms with Crippen LogP contribution in [-0.4, -0.2) is 49.3 Å². The van der Waals surface area contributed by atoms with Gasteiger partial charge in [-0.2, -0.15) is 0 Å². The fraction of sp³-hybridized carbons (Fsp3) is 0.545. The molecule has 1 aromatic carbocycles. The number of benzene rings is 1. The standard InChI is InChI=1S/C22H33N3O3/c1-6-24(7-2)22-19(21(23-28-22)18-11-9-8-10-12-18)15-25(14-13-17(3)4)20(26)16-27-5/h8-12,17H,6-7,13-16H2,1-5H3. The molecule has 0 aliphatic heterocycles. The summed E-state index contributed by atoms with van der Waals surface area (Å²) >= 11 is 0. The molecule has 0 saturated carbocycles. The molecular weight excluding hydrogens is 354 g/mol. The zero-order valence-corrected chi connectivity index (χ0v) is 17.8. The van der Waals surface area contributed by atoms with E-state index in [2.05, 4.69) is 37.8 Å². The van der Waals surface area contributed by atoms with E-state index < -0.39 is 0 Å². The van der Waals surface area contributed by atoms with Crippen LogP contribution in [0.25, 0.3) is 11.3 Å². The molecule has 1 aromatic heterocycles. The van der Waals surface area contributed by atoms with Crippen molar-refractivity contribution >= 4 is 11.8 Å². The van der Waals surface area contributed by atoms with Crippen LogP contribution in [0.3, 0.4) is 0 Å². The van der Waals surface area contributed by atoms with Crippen LogP contribution in [0.5, 0.6) is 0 Å². The van der Waals surface area contributed by atoms with Crippen LogP contribution in [0.2, 0.25) is 0 Å². The first-order valence-corrected chi connectivity index (χ1v) is 10.1. The van der Waals surface area contributed by atoms with Crippen molar-refractivity contribution in [2.75, 3.05) is 38.3 Å². The molecule has 2 rings (SSSR count). The van der Waals surface area contributed by atoms with E-state index in [0.29, 0.717) is 19.0 Å². The molecule has 0 radical (unpaired) electrons. The van der Waals surface area contributed by atoms with E-state index in [1.54, 1.807) is 7.11 Å². The highest BCUT2D eigenvalue weighted by atomic mass is 16.5. The second kappa shape index (κ2) is 10.9. The zero-order valence-electron chi connectivity index (χ0n) is 17.8. The van der Waals surface area contributed by atoms with E-state index >= 15 is 0 Å². The molecule has 28 heavy (non-hydrogen) atoms. The topological polar surface area (TPSA) is 58.8 Å². The molecule has 0 N–H and O–H groups in total. The first-order chi connectivity index (χ1) is 13.5. The van der Waals surface area contributed by atoms with Gasteiger partial charge in [0.05, 0.1) is 12.1 Å². The van der Waals surface area contributed by atoms with Gasteiger partial charge in [-0.15, -0.1) is 0 Å². The summed E-state index contributed by atoms with van der Waals surface area (Å²) in [5.74, 6) is 1.23. The maximum atomic E-state index is 12.7. The van der Waals surface area contributed by atoms with Crippen LogP contribution in [0, 0.1) is 5.92 Å². The second-order valence-corrected chi connectivity index (χ2v) is 7.28. The van der Waals surface area contributed by atoms with Crippen molar-refractivity contribution < 1.29 is 14.1 Å². The molecule has 0 fully saturated rings. The fourth-order valence-corrected chi connectivity index (χ4v) is 3.14. The minimum Gasteiger partial charge on any atom is -0.375 e. The van der Waals surface area contributed by atoms with Crippen molar-refractivity contribution in [1.29, 1.82) is 0 Å². The Bertz CT molecular complexity index is 724. The minimum absolute atomic E-state index is 0.0196. The van der Waals surface area contributed by atoms with Crippen molar-refractivity contribution in [3.8, 4) is 11.3 Å². The average molecular weight is 388 g/mol. The number of amides is 1. The number of hydrogen-bond donors (Lipinski definition) is 0. The van der Waals surface area contributed by atoms with Crippen molar-refractivity contribution in [3.63, 3.8) is 0 Å². The molecule has 0 aliphatic rings. The highest BCUT2D eigenvalue weighted by molar-refractivity contribution is 5.78. The first kappa shape index (κ1) is 22.0. The van der Waals surface area contributed by atoms with Crippen molar-refractivity contribution in [2.24, 2.45) is 5.92 Å². The summed E-state index contributed by atoms with van der Waals surface area (Å²) in [5, 5.41) is 4.37. The van der Waals surface area contributed by atoms with Crippen LogP contribution in [-0.2, 0) is 16.1 Å². The first-order valence-electron chi connectivity index (χ1n) is 10.1. The lowest BCUT2D eigenvalue weighted by atomic mass is 10.1. The third-order valence-electron chi connectivity index (χ3n) is 4.81. The van der Waals surface area contributed by atoms with Crippen LogP contribution < -0.4 is 4.90 Å². The Morgan fingerprint density at radius 3 is 2.43 bits per heavy atom. The number of aromatic nitrogens is 1. The van der Waals surface area contributed by atoms with Crippen molar-refractivity contribution in [3.05, 3.63) is 35.9 Å². The summed E-state index contributed by atoms with van der Waals surface area (Å²) in [6.07, 6.45) is 0.933. The highest BCUT2D eigenvalue weighted by Gasteiger charge is 2.25. The Balaban J connectivity index is 2.43. The summed E-state index contributed by atoms with van der Waals surface area (Å²) in [7, 11) is 1.55. The predicted molar refractivity (Wildman–Crippen MR) is 112 cm³/mol. The molecule has 1 heterocycles. The number of hydrogen-bond acceptors (Lipinski definition) is 5. The third kappa shape index (κ3) is 5.58. The van der Waals surface area contributed by atoms with Gasteiger partial charge in [-0.3, -0.25) is 4.79 Å². The van der Waals surface area contributed by atoms with E-state index in [-0.39, 0.29) is 12.5 Å². The van der Waals surface area contributed by atoms with Gasteiger partial charge in [0.25, 0.3) is 0 Å². The number of anilines is 1. The molecule has 0 saturated heterocycles. The molecule has 0 atom stereocenters. The van der Waals surface area contributed by atoms with Crippen LogP contribution in [0.1, 0.15) is 39.7 Å². The van der Waals surface area contributed by atoms with Gasteiger partial charge in [-0.25, -0.2) is 0 Å². The second-order valence-electron chi connectivity index (χ2n) is 7.28. The Morgan fingerprint density at radius 1 is 1.18 bits per heavy atom. The normalized spacial score (nSPS) is 11.1. The molecule has 6 nitrogen and oxygen atoms in total. The van der Waals surface area contributed by atoms with E-state index in [1.165, 1.54) is 0 Å². The maximum absolute atomic E-state index is 12.7. The Morgan fingerprint density at radius 2 is 1.86 bits per heavy atom. The lowest BCUT2D eigenvalue weighted by Gasteiger charge is -2.25. The molecule has 154 valence electrons. The van der Waals surface area contributed by atoms with Gasteiger partial charge in [-0.1, -0.05) is 49.3 Å². The van der Waals surface area contributed by atoms with Gasteiger partial charge in [0.1, 0.15) is 12.3 Å². The number of rotatable bonds is 11. The Hall–Kier alpha value is -2.34. The summed E-state index contributed by atoms with van der Waals surface area (Å²) < 4.78 is 10.9. The molecule has 0 aliphatic carbocycles. The number of ether oxygens (including phenoxy) is 1. The van der Waals surface area contributed by atoms with Gasteiger partial charge in [0.15, 0.2) is 0 Å². The van der Waals surface area contributed by atoms with Crippen LogP contribution >= 0.6 is 0 Å². The van der Waals surface area contributed by atoms with Crippen molar-refractivity contribution in [1.82, 2.24) is 10.1 Å². The van der Waals surface area contributed by atoms with Gasteiger partial charge in [0, 0.05) is 32.3 Å². The van der Waals surface area contributed by atoms with Crippen LogP contribution in [0.15, 0.2) is 34.9 Å². The Kier molecular flexibility index (Phi) is 8.51. The van der Waals surface area contributed by atoms with E-state index in [4.69, 9.17) is 9.26 Å². The lowest BCUT2D eigenvalue weighted by molar-refractivity contribution is -0.135. The number of carbonyl (C=O) groups is 1. The van der Waals surface area contributed by atoms with E-state index in [9.17, 15) is 4.79 Å². The zero-order chi connectivity index (χ0) is 20.5. The quantitative estimate of drug-likeness (QED) is 0.578. The van der Waals surface area contributed by atoms with Gasteiger partial charge >= 0.3 is 0 Å². The summed E-state index contributed by atoms with van der Waals surface area (Å²) in [4.78, 5) is 16.7. The third-order valence-corrected chi connectivity index (χ3v) is 4.81. The van der Waals surface area contributed by atoms with Gasteiger partial charge < -0.3 is 19.1 Å². The SMILES string of the molecule is CCN(CC)c1onc(-c2ccccc2)c1CN(CCC(C)C)C(=O)COC. The Labute approximate surface area is 168 Å².